The van der Waals surface area contributed by atoms with Crippen molar-refractivity contribution in [2.75, 3.05) is 32.8 Å². The molecule has 8 heteroatoms. The van der Waals surface area contributed by atoms with Crippen LogP contribution in [0.5, 0.6) is 0 Å². The fraction of sp³-hybridized carbons (Fsp3) is 0.636. The van der Waals surface area contributed by atoms with E-state index in [0.717, 1.165) is 11.5 Å². The molecule has 0 saturated carbocycles. The van der Waals surface area contributed by atoms with Gasteiger partial charge in [-0.3, -0.25) is 4.79 Å². The Labute approximate surface area is 115 Å². The maximum absolute atomic E-state index is 12.1. The molecule has 0 radical (unpaired) electrons. The third-order valence-corrected chi connectivity index (χ3v) is 3.60. The van der Waals surface area contributed by atoms with Crippen molar-refractivity contribution in [1.29, 1.82) is 0 Å². The molecule has 0 aromatic carbocycles. The molecule has 7 nitrogen and oxygen atoms in total. The van der Waals surface area contributed by atoms with Gasteiger partial charge < -0.3 is 14.5 Å². The Morgan fingerprint density at radius 1 is 1.26 bits per heavy atom. The van der Waals surface area contributed by atoms with E-state index in [9.17, 15) is 9.59 Å². The lowest BCUT2D eigenvalue weighted by Gasteiger charge is -2.33. The SMILES string of the molecule is CCOC(=O)N1CCN(C(=O)c2nc(C)ns2)CC1. The Morgan fingerprint density at radius 3 is 2.42 bits per heavy atom. The minimum Gasteiger partial charge on any atom is -0.450 e. The van der Waals surface area contributed by atoms with Gasteiger partial charge in [0.1, 0.15) is 5.82 Å². The first-order chi connectivity index (χ1) is 9.11. The summed E-state index contributed by atoms with van der Waals surface area (Å²) >= 11 is 1.11. The van der Waals surface area contributed by atoms with Gasteiger partial charge in [-0.15, -0.1) is 0 Å². The molecule has 19 heavy (non-hydrogen) atoms. The molecule has 104 valence electrons. The van der Waals surface area contributed by atoms with Crippen LogP contribution in [0.25, 0.3) is 0 Å². The predicted molar refractivity (Wildman–Crippen MR) is 69.1 cm³/mol. The summed E-state index contributed by atoms with van der Waals surface area (Å²) in [5.74, 6) is 0.493. The van der Waals surface area contributed by atoms with E-state index >= 15 is 0 Å². The van der Waals surface area contributed by atoms with Gasteiger partial charge in [-0.2, -0.15) is 4.37 Å². The van der Waals surface area contributed by atoms with E-state index in [1.54, 1.807) is 23.6 Å². The van der Waals surface area contributed by atoms with Crippen molar-refractivity contribution in [2.45, 2.75) is 13.8 Å². The van der Waals surface area contributed by atoms with Crippen LogP contribution in [0.4, 0.5) is 4.79 Å². The van der Waals surface area contributed by atoms with Gasteiger partial charge in [-0.05, 0) is 25.4 Å². The van der Waals surface area contributed by atoms with Crippen molar-refractivity contribution in [3.8, 4) is 0 Å². The maximum Gasteiger partial charge on any atom is 0.409 e. The van der Waals surface area contributed by atoms with Gasteiger partial charge in [0.25, 0.3) is 5.91 Å². The van der Waals surface area contributed by atoms with E-state index in [-0.39, 0.29) is 12.0 Å². The first-order valence-corrected chi connectivity index (χ1v) is 6.90. The molecule has 0 unspecified atom stereocenters. The molecule has 1 aromatic rings. The lowest BCUT2D eigenvalue weighted by molar-refractivity contribution is 0.0570. The van der Waals surface area contributed by atoms with E-state index < -0.39 is 0 Å². The van der Waals surface area contributed by atoms with Crippen LogP contribution < -0.4 is 0 Å². The van der Waals surface area contributed by atoms with Crippen molar-refractivity contribution in [2.24, 2.45) is 0 Å². The van der Waals surface area contributed by atoms with Crippen molar-refractivity contribution < 1.29 is 14.3 Å². The average molecular weight is 284 g/mol. The molecule has 1 fully saturated rings. The van der Waals surface area contributed by atoms with Crippen LogP contribution in [0, 0.1) is 6.92 Å². The van der Waals surface area contributed by atoms with Gasteiger partial charge in [0.05, 0.1) is 6.61 Å². The highest BCUT2D eigenvalue weighted by Gasteiger charge is 2.26. The number of carbonyl (C=O) groups excluding carboxylic acids is 2. The molecule has 1 saturated heterocycles. The monoisotopic (exact) mass is 284 g/mol. The fourth-order valence-corrected chi connectivity index (χ4v) is 2.47. The second-order valence-electron chi connectivity index (χ2n) is 4.12. The van der Waals surface area contributed by atoms with Gasteiger partial charge >= 0.3 is 6.09 Å². The Morgan fingerprint density at radius 2 is 1.89 bits per heavy atom. The molecule has 1 aliphatic heterocycles. The van der Waals surface area contributed by atoms with Crippen LogP contribution in [-0.4, -0.2) is 63.9 Å². The summed E-state index contributed by atoms with van der Waals surface area (Å²) in [6.07, 6.45) is -0.318. The van der Waals surface area contributed by atoms with E-state index in [1.165, 1.54) is 0 Å². The average Bonchev–Trinajstić information content (AvgIpc) is 2.85. The quantitative estimate of drug-likeness (QED) is 0.801. The summed E-state index contributed by atoms with van der Waals surface area (Å²) in [7, 11) is 0. The summed E-state index contributed by atoms with van der Waals surface area (Å²) in [4.78, 5) is 31.0. The summed E-state index contributed by atoms with van der Waals surface area (Å²) in [6.45, 7) is 5.86. The number of nitrogens with zero attached hydrogens (tertiary/aromatic N) is 4. The molecule has 2 amide bonds. The summed E-state index contributed by atoms with van der Waals surface area (Å²) in [5.41, 5.74) is 0. The first-order valence-electron chi connectivity index (χ1n) is 6.13. The molecular formula is C11H16N4O3S. The number of hydrogen-bond acceptors (Lipinski definition) is 6. The normalized spacial score (nSPS) is 15.5. The van der Waals surface area contributed by atoms with E-state index in [1.807, 2.05) is 0 Å². The number of aryl methyl sites for hydroxylation is 1. The van der Waals surface area contributed by atoms with Gasteiger partial charge in [-0.1, -0.05) is 0 Å². The number of carbonyl (C=O) groups is 2. The zero-order valence-corrected chi connectivity index (χ0v) is 11.8. The van der Waals surface area contributed by atoms with Crippen LogP contribution in [-0.2, 0) is 4.74 Å². The van der Waals surface area contributed by atoms with Crippen molar-refractivity contribution >= 4 is 23.5 Å². The minimum absolute atomic E-state index is 0.117. The largest absolute Gasteiger partial charge is 0.450 e. The third-order valence-electron chi connectivity index (χ3n) is 2.80. The molecule has 2 rings (SSSR count). The summed E-state index contributed by atoms with van der Waals surface area (Å²) in [6, 6.07) is 0. The number of ether oxygens (including phenoxy) is 1. The topological polar surface area (TPSA) is 75.6 Å². The van der Waals surface area contributed by atoms with E-state index in [4.69, 9.17) is 4.74 Å². The molecule has 1 aliphatic rings. The molecule has 0 bridgehead atoms. The molecule has 0 aliphatic carbocycles. The summed E-state index contributed by atoms with van der Waals surface area (Å²) in [5, 5.41) is 0.405. The number of hydrogen-bond donors (Lipinski definition) is 0. The first kappa shape index (κ1) is 13.7. The Hall–Kier alpha value is -1.70. The van der Waals surface area contributed by atoms with Gasteiger partial charge in [0.15, 0.2) is 0 Å². The second-order valence-corrected chi connectivity index (χ2v) is 4.88. The Bertz CT molecular complexity index is 468. The molecular weight excluding hydrogens is 268 g/mol. The van der Waals surface area contributed by atoms with Crippen molar-refractivity contribution in [1.82, 2.24) is 19.2 Å². The zero-order valence-electron chi connectivity index (χ0n) is 11.0. The number of piperazine rings is 1. The second kappa shape index (κ2) is 5.96. The summed E-state index contributed by atoms with van der Waals surface area (Å²) < 4.78 is 8.93. The number of amides is 2. The smallest absolute Gasteiger partial charge is 0.409 e. The van der Waals surface area contributed by atoms with Crippen LogP contribution in [0.2, 0.25) is 0 Å². The number of rotatable bonds is 2. The molecule has 1 aromatic heterocycles. The number of aromatic nitrogens is 2. The lowest BCUT2D eigenvalue weighted by atomic mass is 10.3. The van der Waals surface area contributed by atoms with Crippen LogP contribution in [0.3, 0.4) is 0 Å². The highest BCUT2D eigenvalue weighted by atomic mass is 32.1. The lowest BCUT2D eigenvalue weighted by Crippen LogP contribution is -2.50. The maximum atomic E-state index is 12.1. The molecule has 2 heterocycles. The van der Waals surface area contributed by atoms with Gasteiger partial charge in [-0.25, -0.2) is 9.78 Å². The fourth-order valence-electron chi connectivity index (χ4n) is 1.83. The predicted octanol–water partition coefficient (Wildman–Crippen LogP) is 0.761. The van der Waals surface area contributed by atoms with Gasteiger partial charge in [0.2, 0.25) is 5.01 Å². The van der Waals surface area contributed by atoms with Crippen LogP contribution in [0.15, 0.2) is 0 Å². The van der Waals surface area contributed by atoms with E-state index in [2.05, 4.69) is 9.36 Å². The van der Waals surface area contributed by atoms with Crippen molar-refractivity contribution in [3.05, 3.63) is 10.8 Å². The third kappa shape index (κ3) is 3.19. The Kier molecular flexibility index (Phi) is 4.31. The standard InChI is InChI=1S/C11H16N4O3S/c1-3-18-11(17)15-6-4-14(5-7-15)10(16)9-12-8(2)13-19-9/h3-7H2,1-2H3. The zero-order chi connectivity index (χ0) is 13.8. The van der Waals surface area contributed by atoms with Crippen molar-refractivity contribution in [3.63, 3.8) is 0 Å². The molecule has 0 spiro atoms. The molecule has 0 atom stereocenters. The van der Waals surface area contributed by atoms with Gasteiger partial charge in [0, 0.05) is 26.2 Å². The highest BCUT2D eigenvalue weighted by molar-refractivity contribution is 7.07. The van der Waals surface area contributed by atoms with Crippen LogP contribution in [0.1, 0.15) is 22.6 Å². The minimum atomic E-state index is -0.318. The molecule has 0 N–H and O–H groups in total. The highest BCUT2D eigenvalue weighted by Crippen LogP contribution is 2.11. The van der Waals surface area contributed by atoms with E-state index in [0.29, 0.717) is 43.6 Å². The van der Waals surface area contributed by atoms with Crippen LogP contribution >= 0.6 is 11.5 Å². The Balaban J connectivity index is 1.89.